The van der Waals surface area contributed by atoms with Crippen molar-refractivity contribution in [3.05, 3.63) is 72.1 Å². The van der Waals surface area contributed by atoms with Gasteiger partial charge in [0, 0.05) is 39.6 Å². The van der Waals surface area contributed by atoms with Gasteiger partial charge in [-0.3, -0.25) is 4.98 Å². The highest BCUT2D eigenvalue weighted by Crippen LogP contribution is 2.37. The van der Waals surface area contributed by atoms with Crippen LogP contribution in [0.3, 0.4) is 0 Å². The summed E-state index contributed by atoms with van der Waals surface area (Å²) in [6, 6.07) is 16.7. The van der Waals surface area contributed by atoms with Gasteiger partial charge in [-0.05, 0) is 66.8 Å². The Kier molecular flexibility index (Phi) is 2.98. The Morgan fingerprint density at radius 3 is 2.57 bits per heavy atom. The molecule has 28 heavy (non-hydrogen) atoms. The Morgan fingerprint density at radius 2 is 1.68 bits per heavy atom. The van der Waals surface area contributed by atoms with E-state index in [0.29, 0.717) is 0 Å². The third kappa shape index (κ3) is 2.00. The topological polar surface area (TPSA) is 57.4 Å². The maximum atomic E-state index is 4.77. The van der Waals surface area contributed by atoms with E-state index in [1.165, 1.54) is 38.2 Å². The number of nitrogens with one attached hydrogen (secondary N) is 2. The van der Waals surface area contributed by atoms with Crippen LogP contribution >= 0.6 is 0 Å². The molecule has 0 spiro atoms. The normalized spacial score (nSPS) is 11.9. The van der Waals surface area contributed by atoms with Crippen molar-refractivity contribution in [2.45, 2.75) is 13.8 Å². The first-order valence-corrected chi connectivity index (χ1v) is 9.44. The summed E-state index contributed by atoms with van der Waals surface area (Å²) in [5.41, 5.74) is 8.00. The Bertz CT molecular complexity index is 1500. The van der Waals surface area contributed by atoms with Crippen molar-refractivity contribution in [1.82, 2.24) is 19.9 Å². The van der Waals surface area contributed by atoms with Crippen LogP contribution in [0.15, 0.2) is 60.9 Å². The Labute approximate surface area is 161 Å². The maximum absolute atomic E-state index is 4.77. The van der Waals surface area contributed by atoms with Crippen LogP contribution in [-0.4, -0.2) is 19.9 Å². The molecule has 0 aliphatic rings. The summed E-state index contributed by atoms with van der Waals surface area (Å²) in [5, 5.41) is 4.96. The highest BCUT2D eigenvalue weighted by Gasteiger charge is 2.15. The molecule has 0 bridgehead atoms. The van der Waals surface area contributed by atoms with E-state index >= 15 is 0 Å². The van der Waals surface area contributed by atoms with E-state index < -0.39 is 0 Å². The van der Waals surface area contributed by atoms with Gasteiger partial charge in [-0.1, -0.05) is 12.1 Å². The molecule has 6 rings (SSSR count). The number of aromatic nitrogens is 4. The molecule has 0 atom stereocenters. The van der Waals surface area contributed by atoms with Gasteiger partial charge in [0.25, 0.3) is 0 Å². The average Bonchev–Trinajstić information content (AvgIpc) is 3.33. The Hall–Kier alpha value is -3.66. The summed E-state index contributed by atoms with van der Waals surface area (Å²) < 4.78 is 0. The number of imidazole rings is 1. The second-order valence-electron chi connectivity index (χ2n) is 7.41. The lowest BCUT2D eigenvalue weighted by atomic mass is 9.96. The van der Waals surface area contributed by atoms with Gasteiger partial charge >= 0.3 is 0 Å². The van der Waals surface area contributed by atoms with Crippen LogP contribution in [-0.2, 0) is 0 Å². The molecular weight excluding hydrogens is 344 g/mol. The molecular formula is C24H18N4. The van der Waals surface area contributed by atoms with E-state index in [1.54, 1.807) is 0 Å². The number of aryl methyl sites for hydroxylation is 2. The van der Waals surface area contributed by atoms with E-state index in [0.717, 1.165) is 27.9 Å². The lowest BCUT2D eigenvalue weighted by Crippen LogP contribution is -1.87. The summed E-state index contributed by atoms with van der Waals surface area (Å²) in [6.07, 6.45) is 3.84. The van der Waals surface area contributed by atoms with Gasteiger partial charge in [0.1, 0.15) is 5.82 Å². The second-order valence-corrected chi connectivity index (χ2v) is 7.41. The van der Waals surface area contributed by atoms with Crippen molar-refractivity contribution in [1.29, 1.82) is 0 Å². The third-order valence-electron chi connectivity index (χ3n) is 5.84. The highest BCUT2D eigenvalue weighted by molar-refractivity contribution is 6.16. The molecule has 4 heteroatoms. The highest BCUT2D eigenvalue weighted by atomic mass is 14.9. The number of rotatable bonds is 1. The first kappa shape index (κ1) is 15.4. The fourth-order valence-corrected chi connectivity index (χ4v) is 4.39. The Morgan fingerprint density at radius 1 is 0.786 bits per heavy atom. The summed E-state index contributed by atoms with van der Waals surface area (Å²) >= 11 is 0. The van der Waals surface area contributed by atoms with Gasteiger partial charge in [0.2, 0.25) is 0 Å². The van der Waals surface area contributed by atoms with Crippen LogP contribution in [0.4, 0.5) is 0 Å². The summed E-state index contributed by atoms with van der Waals surface area (Å²) in [5.74, 6) is 0.897. The largest absolute Gasteiger partial charge is 0.354 e. The number of fused-ring (bicyclic) bond motifs is 5. The van der Waals surface area contributed by atoms with Gasteiger partial charge < -0.3 is 9.97 Å². The Balaban J connectivity index is 1.69. The predicted octanol–water partition coefficient (Wildman–Crippen LogP) is 6.03. The quantitative estimate of drug-likeness (QED) is 0.375. The number of aromatic amines is 2. The third-order valence-corrected chi connectivity index (χ3v) is 5.84. The van der Waals surface area contributed by atoms with E-state index in [-0.39, 0.29) is 0 Å². The molecule has 3 aromatic carbocycles. The fourth-order valence-electron chi connectivity index (χ4n) is 4.39. The van der Waals surface area contributed by atoms with Gasteiger partial charge in [0.15, 0.2) is 0 Å². The number of benzene rings is 3. The molecule has 0 amide bonds. The minimum Gasteiger partial charge on any atom is -0.354 e. The van der Waals surface area contributed by atoms with Crippen molar-refractivity contribution in [2.24, 2.45) is 0 Å². The minimum absolute atomic E-state index is 0.897. The molecule has 0 saturated heterocycles. The second kappa shape index (κ2) is 5.42. The number of H-pyrrole nitrogens is 2. The number of pyridine rings is 1. The number of para-hydroxylation sites is 2. The smallest absolute Gasteiger partial charge is 0.138 e. The van der Waals surface area contributed by atoms with Crippen molar-refractivity contribution >= 4 is 43.6 Å². The lowest BCUT2D eigenvalue weighted by Gasteiger charge is -2.08. The van der Waals surface area contributed by atoms with Crippen LogP contribution < -0.4 is 0 Å². The van der Waals surface area contributed by atoms with E-state index in [9.17, 15) is 0 Å². The van der Waals surface area contributed by atoms with Crippen LogP contribution in [0.2, 0.25) is 0 Å². The summed E-state index contributed by atoms with van der Waals surface area (Å²) in [7, 11) is 0. The maximum Gasteiger partial charge on any atom is 0.138 e. The molecule has 0 aliphatic heterocycles. The molecule has 0 radical (unpaired) electrons. The first-order chi connectivity index (χ1) is 13.7. The minimum atomic E-state index is 0.897. The molecule has 0 fully saturated rings. The van der Waals surface area contributed by atoms with Crippen molar-refractivity contribution in [3.8, 4) is 11.4 Å². The summed E-state index contributed by atoms with van der Waals surface area (Å²) in [6.45, 7) is 4.37. The lowest BCUT2D eigenvalue weighted by molar-refractivity contribution is 1.34. The van der Waals surface area contributed by atoms with Crippen molar-refractivity contribution in [3.63, 3.8) is 0 Å². The van der Waals surface area contributed by atoms with Gasteiger partial charge in [-0.2, -0.15) is 0 Å². The standard InChI is InChI=1S/C24H18N4/c1-13-18-12-25-10-9-16(18)14(2)23-22(13)17-11-15(7-8-19(17)26-23)24-27-20-5-3-4-6-21(20)28-24/h3-12,26H,1-2H3,(H,27,28). The van der Waals surface area contributed by atoms with Crippen LogP contribution in [0, 0.1) is 13.8 Å². The van der Waals surface area contributed by atoms with Gasteiger partial charge in [-0.25, -0.2) is 4.98 Å². The molecule has 3 aromatic heterocycles. The van der Waals surface area contributed by atoms with E-state index in [1.807, 2.05) is 30.6 Å². The van der Waals surface area contributed by atoms with E-state index in [2.05, 4.69) is 59.1 Å². The SMILES string of the molecule is Cc1c2ccncc2c(C)c2c1[nH]c1ccc(-c3nc4ccccc4[nH]3)cc12. The molecule has 3 heterocycles. The molecule has 0 saturated carbocycles. The van der Waals surface area contributed by atoms with Crippen LogP contribution in [0.25, 0.3) is 55.0 Å². The van der Waals surface area contributed by atoms with Crippen molar-refractivity contribution < 1.29 is 0 Å². The molecule has 0 aliphatic carbocycles. The number of nitrogens with zero attached hydrogens (tertiary/aromatic N) is 2. The summed E-state index contributed by atoms with van der Waals surface area (Å²) in [4.78, 5) is 16.2. The molecule has 4 nitrogen and oxygen atoms in total. The number of hydrogen-bond donors (Lipinski definition) is 2. The van der Waals surface area contributed by atoms with Gasteiger partial charge in [-0.15, -0.1) is 0 Å². The monoisotopic (exact) mass is 362 g/mol. The number of hydrogen-bond acceptors (Lipinski definition) is 2. The van der Waals surface area contributed by atoms with Crippen molar-refractivity contribution in [2.75, 3.05) is 0 Å². The fraction of sp³-hybridized carbons (Fsp3) is 0.0833. The molecule has 6 aromatic rings. The first-order valence-electron chi connectivity index (χ1n) is 9.44. The predicted molar refractivity (Wildman–Crippen MR) is 116 cm³/mol. The average molecular weight is 362 g/mol. The van der Waals surface area contributed by atoms with Crippen LogP contribution in [0.1, 0.15) is 11.1 Å². The zero-order chi connectivity index (χ0) is 18.8. The molecule has 134 valence electrons. The zero-order valence-electron chi connectivity index (χ0n) is 15.7. The molecule has 0 unspecified atom stereocenters. The van der Waals surface area contributed by atoms with Gasteiger partial charge in [0.05, 0.1) is 16.6 Å². The van der Waals surface area contributed by atoms with Crippen LogP contribution in [0.5, 0.6) is 0 Å². The molecule has 2 N–H and O–H groups in total. The zero-order valence-corrected chi connectivity index (χ0v) is 15.7. The van der Waals surface area contributed by atoms with E-state index in [4.69, 9.17) is 4.98 Å².